The topological polar surface area (TPSA) is 95.3 Å². The lowest BCUT2D eigenvalue weighted by atomic mass is 10.1. The number of ether oxygens (including phenoxy) is 2. The van der Waals surface area contributed by atoms with Crippen LogP contribution < -0.4 is 20.3 Å². The number of benzene rings is 1. The van der Waals surface area contributed by atoms with Crippen LogP contribution in [0.5, 0.6) is 11.5 Å². The van der Waals surface area contributed by atoms with Gasteiger partial charge in [-0.05, 0) is 42.3 Å². The van der Waals surface area contributed by atoms with Gasteiger partial charge in [0.25, 0.3) is 5.56 Å². The first-order valence-electron chi connectivity index (χ1n) is 9.57. The van der Waals surface area contributed by atoms with Crippen molar-refractivity contribution in [3.8, 4) is 22.8 Å². The molecule has 156 valence electrons. The third-order valence-corrected chi connectivity index (χ3v) is 4.53. The Morgan fingerprint density at radius 1 is 1.10 bits per heavy atom. The second kappa shape index (κ2) is 10.2. The molecule has 0 aliphatic rings. The minimum Gasteiger partial charge on any atom is -0.493 e. The number of aromatic nitrogens is 3. The van der Waals surface area contributed by atoms with E-state index < -0.39 is 0 Å². The van der Waals surface area contributed by atoms with Crippen molar-refractivity contribution in [3.63, 3.8) is 0 Å². The fourth-order valence-electron chi connectivity index (χ4n) is 2.94. The summed E-state index contributed by atoms with van der Waals surface area (Å²) in [5.74, 6) is 1.12. The molecule has 3 rings (SSSR count). The molecule has 2 heterocycles. The van der Waals surface area contributed by atoms with Crippen molar-refractivity contribution in [2.75, 3.05) is 14.2 Å². The Bertz CT molecular complexity index is 1050. The largest absolute Gasteiger partial charge is 0.493 e. The predicted molar refractivity (Wildman–Crippen MR) is 112 cm³/mol. The van der Waals surface area contributed by atoms with E-state index in [-0.39, 0.29) is 11.5 Å². The van der Waals surface area contributed by atoms with Crippen molar-refractivity contribution in [1.82, 2.24) is 20.1 Å². The Hall–Kier alpha value is -3.68. The van der Waals surface area contributed by atoms with Crippen molar-refractivity contribution < 1.29 is 14.3 Å². The maximum atomic E-state index is 12.2. The van der Waals surface area contributed by atoms with Crippen LogP contribution in [-0.2, 0) is 17.9 Å². The summed E-state index contributed by atoms with van der Waals surface area (Å²) in [7, 11) is 3.14. The quantitative estimate of drug-likeness (QED) is 0.584. The maximum absolute atomic E-state index is 12.2. The normalized spacial score (nSPS) is 10.5. The summed E-state index contributed by atoms with van der Waals surface area (Å²) < 4.78 is 12.0. The van der Waals surface area contributed by atoms with Gasteiger partial charge in [0.05, 0.1) is 19.9 Å². The van der Waals surface area contributed by atoms with Crippen LogP contribution >= 0.6 is 0 Å². The van der Waals surface area contributed by atoms with E-state index in [4.69, 9.17) is 9.47 Å². The lowest BCUT2D eigenvalue weighted by Gasteiger charge is -2.11. The zero-order valence-corrected chi connectivity index (χ0v) is 17.0. The molecular formula is C22H24N4O4. The number of carbonyl (C=O) groups excluding carboxylic acids is 1. The molecule has 0 fully saturated rings. The van der Waals surface area contributed by atoms with Crippen LogP contribution in [0.15, 0.2) is 59.7 Å². The van der Waals surface area contributed by atoms with E-state index in [2.05, 4.69) is 15.4 Å². The van der Waals surface area contributed by atoms with Gasteiger partial charge in [0.15, 0.2) is 11.5 Å². The number of rotatable bonds is 9. The molecule has 0 bridgehead atoms. The minimum absolute atomic E-state index is 0.0806. The minimum atomic E-state index is -0.213. The van der Waals surface area contributed by atoms with E-state index in [1.165, 1.54) is 10.7 Å². The van der Waals surface area contributed by atoms with E-state index in [9.17, 15) is 9.59 Å². The molecule has 1 aromatic carbocycles. The lowest BCUT2D eigenvalue weighted by Crippen LogP contribution is -2.25. The lowest BCUT2D eigenvalue weighted by molar-refractivity contribution is -0.121. The molecular weight excluding hydrogens is 384 g/mol. The summed E-state index contributed by atoms with van der Waals surface area (Å²) in [6, 6.07) is 12.3. The van der Waals surface area contributed by atoms with E-state index in [0.717, 1.165) is 11.1 Å². The number of methoxy groups -OCH3 is 2. The zero-order chi connectivity index (χ0) is 21.3. The van der Waals surface area contributed by atoms with Crippen LogP contribution in [0.1, 0.15) is 18.4 Å². The highest BCUT2D eigenvalue weighted by Crippen LogP contribution is 2.31. The van der Waals surface area contributed by atoms with E-state index >= 15 is 0 Å². The van der Waals surface area contributed by atoms with Crippen molar-refractivity contribution in [1.29, 1.82) is 0 Å². The van der Waals surface area contributed by atoms with Crippen molar-refractivity contribution in [2.24, 2.45) is 0 Å². The SMILES string of the molecule is COc1ccc(-c2ccc(=O)n(CCCC(=O)NCc3cccnc3)n2)cc1OC. The fraction of sp³-hybridized carbons (Fsp3) is 0.273. The van der Waals surface area contributed by atoms with Gasteiger partial charge < -0.3 is 14.8 Å². The average molecular weight is 408 g/mol. The maximum Gasteiger partial charge on any atom is 0.266 e. The molecule has 1 amide bonds. The first kappa shape index (κ1) is 21.0. The van der Waals surface area contributed by atoms with Gasteiger partial charge in [-0.25, -0.2) is 4.68 Å². The number of nitrogens with one attached hydrogen (secondary N) is 1. The average Bonchev–Trinajstić information content (AvgIpc) is 2.79. The zero-order valence-electron chi connectivity index (χ0n) is 17.0. The van der Waals surface area contributed by atoms with E-state index in [1.807, 2.05) is 24.3 Å². The smallest absolute Gasteiger partial charge is 0.266 e. The molecule has 0 aliphatic heterocycles. The number of carbonyl (C=O) groups is 1. The molecule has 1 N–H and O–H groups in total. The van der Waals surface area contributed by atoms with Gasteiger partial charge in [0.2, 0.25) is 5.91 Å². The highest BCUT2D eigenvalue weighted by molar-refractivity contribution is 5.75. The second-order valence-corrected chi connectivity index (χ2v) is 6.59. The summed E-state index contributed by atoms with van der Waals surface area (Å²) >= 11 is 0. The Kier molecular flexibility index (Phi) is 7.15. The van der Waals surface area contributed by atoms with Gasteiger partial charge in [0.1, 0.15) is 0 Å². The molecule has 0 saturated heterocycles. The molecule has 30 heavy (non-hydrogen) atoms. The highest BCUT2D eigenvalue weighted by atomic mass is 16.5. The molecule has 0 atom stereocenters. The number of amides is 1. The van der Waals surface area contributed by atoms with Crippen LogP contribution in [0.4, 0.5) is 0 Å². The molecule has 0 aliphatic carbocycles. The van der Waals surface area contributed by atoms with Gasteiger partial charge in [-0.15, -0.1) is 0 Å². The monoisotopic (exact) mass is 408 g/mol. The summed E-state index contributed by atoms with van der Waals surface area (Å²) in [5.41, 5.74) is 2.16. The molecule has 0 unspecified atom stereocenters. The Labute approximate surface area is 174 Å². The van der Waals surface area contributed by atoms with E-state index in [1.54, 1.807) is 38.7 Å². The van der Waals surface area contributed by atoms with Crippen molar-refractivity contribution >= 4 is 5.91 Å². The molecule has 0 spiro atoms. The first-order chi connectivity index (χ1) is 14.6. The number of nitrogens with zero attached hydrogens (tertiary/aromatic N) is 3. The Morgan fingerprint density at radius 3 is 2.67 bits per heavy atom. The van der Waals surface area contributed by atoms with E-state index in [0.29, 0.717) is 43.1 Å². The fourth-order valence-corrected chi connectivity index (χ4v) is 2.94. The van der Waals surface area contributed by atoms with Crippen LogP contribution in [0.3, 0.4) is 0 Å². The predicted octanol–water partition coefficient (Wildman–Crippen LogP) is 2.42. The van der Waals surface area contributed by atoms with Gasteiger partial charge in [-0.1, -0.05) is 6.07 Å². The molecule has 2 aromatic heterocycles. The summed E-state index contributed by atoms with van der Waals surface area (Å²) in [6.45, 7) is 0.778. The van der Waals surface area contributed by atoms with Crippen LogP contribution in [0.2, 0.25) is 0 Å². The molecule has 8 nitrogen and oxygen atoms in total. The summed E-state index contributed by atoms with van der Waals surface area (Å²) in [6.07, 6.45) is 4.20. The van der Waals surface area contributed by atoms with Crippen LogP contribution in [0, 0.1) is 0 Å². The van der Waals surface area contributed by atoms with Gasteiger partial charge in [-0.2, -0.15) is 5.10 Å². The summed E-state index contributed by atoms with van der Waals surface area (Å²) in [4.78, 5) is 28.2. The van der Waals surface area contributed by atoms with Crippen LogP contribution in [0.25, 0.3) is 11.3 Å². The Balaban J connectivity index is 1.60. The second-order valence-electron chi connectivity index (χ2n) is 6.59. The van der Waals surface area contributed by atoms with Crippen molar-refractivity contribution in [2.45, 2.75) is 25.9 Å². The molecule has 8 heteroatoms. The number of aryl methyl sites for hydroxylation is 1. The van der Waals surface area contributed by atoms with Gasteiger partial charge >= 0.3 is 0 Å². The molecule has 0 saturated carbocycles. The first-order valence-corrected chi connectivity index (χ1v) is 9.57. The number of hydrogen-bond acceptors (Lipinski definition) is 6. The Morgan fingerprint density at radius 2 is 1.93 bits per heavy atom. The third-order valence-electron chi connectivity index (χ3n) is 4.53. The van der Waals surface area contributed by atoms with Crippen molar-refractivity contribution in [3.05, 3.63) is 70.8 Å². The van der Waals surface area contributed by atoms with Gasteiger partial charge in [0, 0.05) is 43.5 Å². The highest BCUT2D eigenvalue weighted by Gasteiger charge is 2.09. The van der Waals surface area contributed by atoms with Gasteiger partial charge in [-0.3, -0.25) is 14.6 Å². The standard InChI is InChI=1S/C22H24N4O4/c1-29-19-9-7-17(13-20(19)30-2)18-8-10-22(28)26(25-18)12-4-6-21(27)24-15-16-5-3-11-23-14-16/h3,5,7-11,13-14H,4,6,12,15H2,1-2H3,(H,24,27). The number of pyridine rings is 1. The van der Waals surface area contributed by atoms with Crippen LogP contribution in [-0.4, -0.2) is 34.9 Å². The molecule has 3 aromatic rings. The summed E-state index contributed by atoms with van der Waals surface area (Å²) in [5, 5.41) is 7.28. The molecule has 0 radical (unpaired) electrons. The number of hydrogen-bond donors (Lipinski definition) is 1. The third kappa shape index (κ3) is 5.44.